The van der Waals surface area contributed by atoms with Gasteiger partial charge in [0.15, 0.2) is 0 Å². The maximum absolute atomic E-state index is 11.5. The first kappa shape index (κ1) is 9.27. The molecule has 4 heteroatoms. The van der Waals surface area contributed by atoms with Crippen LogP contribution in [0.4, 0.5) is 5.82 Å². The van der Waals surface area contributed by atoms with Gasteiger partial charge in [0.2, 0.25) is 0 Å². The van der Waals surface area contributed by atoms with Crippen LogP contribution in [0.1, 0.15) is 5.56 Å². The van der Waals surface area contributed by atoms with Gasteiger partial charge in [0.25, 0.3) is 5.56 Å². The van der Waals surface area contributed by atoms with Gasteiger partial charge in [-0.05, 0) is 24.6 Å². The molecule has 0 unspecified atom stereocenters. The lowest BCUT2D eigenvalue weighted by molar-refractivity contribution is 0.760. The number of pyridine rings is 1. The molecule has 0 aromatic carbocycles. The Morgan fingerprint density at radius 1 is 1.43 bits per heavy atom. The van der Waals surface area contributed by atoms with Gasteiger partial charge in [0, 0.05) is 26.2 Å². The summed E-state index contributed by atoms with van der Waals surface area (Å²) < 4.78 is 1.82. The Balaban J connectivity index is 2.54. The van der Waals surface area contributed by atoms with E-state index in [0.29, 0.717) is 6.54 Å². The van der Waals surface area contributed by atoms with Gasteiger partial charge in [-0.3, -0.25) is 9.36 Å². The van der Waals surface area contributed by atoms with Crippen molar-refractivity contribution in [3.05, 3.63) is 28.0 Å². The Morgan fingerprint density at radius 3 is 2.93 bits per heavy atom. The van der Waals surface area contributed by atoms with Gasteiger partial charge in [-0.25, -0.2) is 0 Å². The molecule has 14 heavy (non-hydrogen) atoms. The van der Waals surface area contributed by atoms with Gasteiger partial charge in [-0.2, -0.15) is 0 Å². The van der Waals surface area contributed by atoms with E-state index in [9.17, 15) is 4.79 Å². The van der Waals surface area contributed by atoms with Crippen molar-refractivity contribution in [2.45, 2.75) is 13.0 Å². The first-order valence-corrected chi connectivity index (χ1v) is 4.88. The van der Waals surface area contributed by atoms with E-state index in [1.807, 2.05) is 17.7 Å². The molecule has 4 nitrogen and oxygen atoms in total. The Morgan fingerprint density at radius 2 is 2.21 bits per heavy atom. The average Bonchev–Trinajstić information content (AvgIpc) is 2.55. The molecule has 2 rings (SSSR count). The topological polar surface area (TPSA) is 51.3 Å². The van der Waals surface area contributed by atoms with Crippen LogP contribution in [-0.2, 0) is 13.0 Å². The maximum atomic E-state index is 11.5. The van der Waals surface area contributed by atoms with E-state index in [1.54, 1.807) is 6.07 Å². The Hall–Kier alpha value is -1.29. The molecule has 0 saturated heterocycles. The molecule has 0 spiro atoms. The molecule has 0 bridgehead atoms. The van der Waals surface area contributed by atoms with Gasteiger partial charge < -0.3 is 10.6 Å². The van der Waals surface area contributed by atoms with Crippen LogP contribution in [0.5, 0.6) is 0 Å². The largest absolute Gasteiger partial charge is 0.359 e. The number of nitrogens with two attached hydrogens (primary N) is 1. The zero-order valence-electron chi connectivity index (χ0n) is 8.36. The number of fused-ring (bicyclic) bond motifs is 1. The molecule has 1 aromatic rings. The van der Waals surface area contributed by atoms with Crippen molar-refractivity contribution in [1.29, 1.82) is 0 Å². The van der Waals surface area contributed by atoms with Crippen LogP contribution in [0.25, 0.3) is 0 Å². The summed E-state index contributed by atoms with van der Waals surface area (Å²) in [4.78, 5) is 13.6. The molecular weight excluding hydrogens is 178 g/mol. The molecule has 0 amide bonds. The third-order valence-corrected chi connectivity index (χ3v) is 2.67. The average molecular weight is 193 g/mol. The van der Waals surface area contributed by atoms with Crippen LogP contribution < -0.4 is 16.2 Å². The van der Waals surface area contributed by atoms with Crippen molar-refractivity contribution in [3.8, 4) is 0 Å². The summed E-state index contributed by atoms with van der Waals surface area (Å²) in [5.74, 6) is 1.04. The summed E-state index contributed by atoms with van der Waals surface area (Å²) in [6, 6.07) is 3.52. The van der Waals surface area contributed by atoms with E-state index < -0.39 is 0 Å². The molecule has 0 radical (unpaired) electrons. The molecule has 1 aliphatic heterocycles. The van der Waals surface area contributed by atoms with E-state index in [0.717, 1.165) is 25.3 Å². The van der Waals surface area contributed by atoms with E-state index in [1.165, 1.54) is 5.56 Å². The fourth-order valence-corrected chi connectivity index (χ4v) is 1.99. The minimum absolute atomic E-state index is 0.0881. The number of hydrogen-bond acceptors (Lipinski definition) is 3. The molecule has 0 aliphatic carbocycles. The minimum atomic E-state index is 0.0881. The van der Waals surface area contributed by atoms with E-state index in [-0.39, 0.29) is 5.56 Å². The number of aromatic nitrogens is 1. The molecule has 0 saturated carbocycles. The molecule has 1 aromatic heterocycles. The first-order chi connectivity index (χ1) is 6.74. The summed E-state index contributed by atoms with van der Waals surface area (Å²) in [6.07, 6.45) is 0.833. The lowest BCUT2D eigenvalue weighted by atomic mass is 10.2. The van der Waals surface area contributed by atoms with E-state index in [2.05, 4.69) is 4.90 Å². The smallest absolute Gasteiger partial charge is 0.252 e. The number of nitrogens with zero attached hydrogens (tertiary/aromatic N) is 2. The molecule has 0 fully saturated rings. The van der Waals surface area contributed by atoms with Gasteiger partial charge in [-0.15, -0.1) is 0 Å². The van der Waals surface area contributed by atoms with Crippen LogP contribution in [0.2, 0.25) is 0 Å². The van der Waals surface area contributed by atoms with Crippen molar-refractivity contribution >= 4 is 5.82 Å². The normalized spacial score (nSPS) is 14.6. The lowest BCUT2D eigenvalue weighted by Gasteiger charge is -2.15. The second-order valence-electron chi connectivity index (χ2n) is 3.63. The summed E-state index contributed by atoms with van der Waals surface area (Å²) in [6.45, 7) is 2.33. The molecule has 76 valence electrons. The van der Waals surface area contributed by atoms with Crippen LogP contribution in [0.3, 0.4) is 0 Å². The summed E-state index contributed by atoms with van der Waals surface area (Å²) >= 11 is 0. The van der Waals surface area contributed by atoms with E-state index in [4.69, 9.17) is 5.73 Å². The molecule has 1 aliphatic rings. The zero-order chi connectivity index (χ0) is 10.1. The molecule has 0 atom stereocenters. The van der Waals surface area contributed by atoms with Crippen LogP contribution in [-0.4, -0.2) is 24.7 Å². The van der Waals surface area contributed by atoms with Gasteiger partial charge >= 0.3 is 0 Å². The van der Waals surface area contributed by atoms with E-state index >= 15 is 0 Å². The van der Waals surface area contributed by atoms with Crippen molar-refractivity contribution in [2.24, 2.45) is 5.73 Å². The molecule has 2 heterocycles. The number of anilines is 1. The standard InChI is InChI=1S/C10H15N3O/c1-12-6-7-13-9(14)3-2-8(4-5-11)10(12)13/h2-3H,4-7,11H2,1H3. The van der Waals surface area contributed by atoms with Crippen LogP contribution in [0.15, 0.2) is 16.9 Å². The summed E-state index contributed by atoms with van der Waals surface area (Å²) in [5.41, 5.74) is 6.79. The predicted octanol–water partition coefficient (Wildman–Crippen LogP) is -0.201. The quantitative estimate of drug-likeness (QED) is 0.707. The Bertz CT molecular complexity index is 397. The van der Waals surface area contributed by atoms with Gasteiger partial charge in [0.05, 0.1) is 0 Å². The monoisotopic (exact) mass is 193 g/mol. The lowest BCUT2D eigenvalue weighted by Crippen LogP contribution is -2.20. The van der Waals surface area contributed by atoms with Crippen molar-refractivity contribution in [2.75, 3.05) is 25.0 Å². The first-order valence-electron chi connectivity index (χ1n) is 4.88. The van der Waals surface area contributed by atoms with Crippen molar-refractivity contribution in [3.63, 3.8) is 0 Å². The fraction of sp³-hybridized carbons (Fsp3) is 0.500. The summed E-state index contributed by atoms with van der Waals surface area (Å²) in [7, 11) is 2.01. The van der Waals surface area contributed by atoms with Gasteiger partial charge in [-0.1, -0.05) is 0 Å². The second-order valence-corrected chi connectivity index (χ2v) is 3.63. The molecule has 2 N–H and O–H groups in total. The predicted molar refractivity (Wildman–Crippen MR) is 56.7 cm³/mol. The molecular formula is C10H15N3O. The number of likely N-dealkylation sites (N-methyl/N-ethyl adjacent to an activating group) is 1. The van der Waals surface area contributed by atoms with Crippen molar-refractivity contribution in [1.82, 2.24) is 4.57 Å². The zero-order valence-corrected chi connectivity index (χ0v) is 8.36. The third-order valence-electron chi connectivity index (χ3n) is 2.67. The van der Waals surface area contributed by atoms with Crippen molar-refractivity contribution < 1.29 is 0 Å². The highest BCUT2D eigenvalue weighted by Crippen LogP contribution is 2.22. The number of rotatable bonds is 2. The van der Waals surface area contributed by atoms with Crippen LogP contribution >= 0.6 is 0 Å². The summed E-state index contributed by atoms with van der Waals surface area (Å²) in [5, 5.41) is 0. The third kappa shape index (κ3) is 1.32. The highest BCUT2D eigenvalue weighted by atomic mass is 16.1. The number of hydrogen-bond donors (Lipinski definition) is 1. The Labute approximate surface area is 82.9 Å². The highest BCUT2D eigenvalue weighted by molar-refractivity contribution is 5.49. The van der Waals surface area contributed by atoms with Gasteiger partial charge in [0.1, 0.15) is 5.82 Å². The Kier molecular flexibility index (Phi) is 2.29. The second kappa shape index (κ2) is 3.46. The minimum Gasteiger partial charge on any atom is -0.359 e. The fourth-order valence-electron chi connectivity index (χ4n) is 1.99. The SMILES string of the molecule is CN1CCn2c1c(CCN)ccc2=O. The maximum Gasteiger partial charge on any atom is 0.252 e. The van der Waals surface area contributed by atoms with Crippen LogP contribution in [0, 0.1) is 0 Å². The highest BCUT2D eigenvalue weighted by Gasteiger charge is 2.19.